The molecule has 1 N–H and O–H groups in total. The molecule has 2 nitrogen and oxygen atoms in total. The number of fused-ring (bicyclic) bond motifs is 1. The van der Waals surface area contributed by atoms with Crippen LogP contribution in [0.5, 0.6) is 0 Å². The molecule has 0 unspecified atom stereocenters. The maximum absolute atomic E-state index is 4.42. The van der Waals surface area contributed by atoms with E-state index in [1.807, 2.05) is 6.20 Å². The number of thiophene rings is 1. The summed E-state index contributed by atoms with van der Waals surface area (Å²) >= 11 is 1.78. The second-order valence-corrected chi connectivity index (χ2v) is 5.45. The Morgan fingerprint density at radius 1 is 1.38 bits per heavy atom. The lowest BCUT2D eigenvalue weighted by atomic mass is 9.83. The molecule has 0 radical (unpaired) electrons. The molecule has 1 fully saturated rings. The van der Waals surface area contributed by atoms with Crippen molar-refractivity contribution in [2.24, 2.45) is 5.92 Å². The fraction of sp³-hybridized carbons (Fsp3) is 0.462. The van der Waals surface area contributed by atoms with Crippen molar-refractivity contribution in [1.82, 2.24) is 4.98 Å². The van der Waals surface area contributed by atoms with Crippen molar-refractivity contribution in [3.63, 3.8) is 0 Å². The summed E-state index contributed by atoms with van der Waals surface area (Å²) in [5, 5.41) is 6.86. The molecule has 0 atom stereocenters. The number of anilines is 1. The highest BCUT2D eigenvalue weighted by molar-refractivity contribution is 7.17. The van der Waals surface area contributed by atoms with E-state index in [1.165, 1.54) is 35.8 Å². The van der Waals surface area contributed by atoms with E-state index in [0.717, 1.165) is 18.3 Å². The molecule has 1 aliphatic carbocycles. The zero-order chi connectivity index (χ0) is 10.8. The summed E-state index contributed by atoms with van der Waals surface area (Å²) in [6.45, 7) is 1.06. The topological polar surface area (TPSA) is 24.9 Å². The Bertz CT molecular complexity index is 473. The zero-order valence-electron chi connectivity index (χ0n) is 9.28. The van der Waals surface area contributed by atoms with Crippen LogP contribution in [-0.4, -0.2) is 11.5 Å². The van der Waals surface area contributed by atoms with Crippen molar-refractivity contribution in [2.45, 2.75) is 25.7 Å². The molecule has 0 aliphatic heterocycles. The minimum absolute atomic E-state index is 0.967. The maximum Gasteiger partial charge on any atom is 0.134 e. The first kappa shape index (κ1) is 10.1. The zero-order valence-corrected chi connectivity index (χ0v) is 10.1. The van der Waals surface area contributed by atoms with Gasteiger partial charge in [-0.1, -0.05) is 19.3 Å². The summed E-state index contributed by atoms with van der Waals surface area (Å²) in [7, 11) is 0. The molecule has 3 heteroatoms. The van der Waals surface area contributed by atoms with Crippen LogP contribution >= 0.6 is 11.3 Å². The predicted molar refractivity (Wildman–Crippen MR) is 70.1 cm³/mol. The maximum atomic E-state index is 4.42. The highest BCUT2D eigenvalue weighted by atomic mass is 32.1. The van der Waals surface area contributed by atoms with Gasteiger partial charge in [-0.2, -0.15) is 0 Å². The third-order valence-electron chi connectivity index (χ3n) is 3.45. The molecule has 1 aliphatic rings. The number of rotatable bonds is 4. The predicted octanol–water partition coefficient (Wildman–Crippen LogP) is 3.90. The summed E-state index contributed by atoms with van der Waals surface area (Å²) in [5.41, 5.74) is 0. The molecule has 1 saturated carbocycles. The Hall–Kier alpha value is -1.09. The number of nitrogens with zero attached hydrogens (tertiary/aromatic N) is 1. The van der Waals surface area contributed by atoms with E-state index < -0.39 is 0 Å². The summed E-state index contributed by atoms with van der Waals surface area (Å²) in [6.07, 6.45) is 7.48. The Morgan fingerprint density at radius 3 is 3.12 bits per heavy atom. The molecule has 0 amide bonds. The van der Waals surface area contributed by atoms with E-state index in [2.05, 4.69) is 27.8 Å². The van der Waals surface area contributed by atoms with Gasteiger partial charge in [0.25, 0.3) is 0 Å². The van der Waals surface area contributed by atoms with E-state index in [0.29, 0.717) is 0 Å². The largest absolute Gasteiger partial charge is 0.370 e. The minimum Gasteiger partial charge on any atom is -0.370 e. The first-order chi connectivity index (χ1) is 7.93. The summed E-state index contributed by atoms with van der Waals surface area (Å²) < 4.78 is 1.32. The van der Waals surface area contributed by atoms with Gasteiger partial charge in [0.15, 0.2) is 0 Å². The molecule has 16 heavy (non-hydrogen) atoms. The van der Waals surface area contributed by atoms with Gasteiger partial charge in [-0.05, 0) is 29.9 Å². The third-order valence-corrected chi connectivity index (χ3v) is 4.33. The Labute approximate surface area is 99.7 Å². The molecule has 0 aromatic carbocycles. The second kappa shape index (κ2) is 4.42. The number of hydrogen-bond acceptors (Lipinski definition) is 3. The molecular weight excluding hydrogens is 216 g/mol. The van der Waals surface area contributed by atoms with Gasteiger partial charge in [0.1, 0.15) is 5.82 Å². The van der Waals surface area contributed by atoms with Crippen molar-refractivity contribution in [3.05, 3.63) is 23.7 Å². The van der Waals surface area contributed by atoms with E-state index in [-0.39, 0.29) is 0 Å². The highest BCUT2D eigenvalue weighted by Gasteiger charge is 2.16. The van der Waals surface area contributed by atoms with Crippen molar-refractivity contribution in [1.29, 1.82) is 0 Å². The average Bonchev–Trinajstić information content (AvgIpc) is 2.70. The van der Waals surface area contributed by atoms with Crippen molar-refractivity contribution < 1.29 is 0 Å². The van der Waals surface area contributed by atoms with Gasteiger partial charge in [0.2, 0.25) is 0 Å². The third kappa shape index (κ3) is 1.92. The van der Waals surface area contributed by atoms with Crippen molar-refractivity contribution in [2.75, 3.05) is 11.9 Å². The van der Waals surface area contributed by atoms with Gasteiger partial charge in [-0.15, -0.1) is 11.3 Å². The lowest BCUT2D eigenvalue weighted by Gasteiger charge is -2.25. The van der Waals surface area contributed by atoms with Crippen LogP contribution < -0.4 is 5.32 Å². The fourth-order valence-corrected chi connectivity index (χ4v) is 2.99. The normalized spacial score (nSPS) is 16.2. The van der Waals surface area contributed by atoms with Gasteiger partial charge in [0, 0.05) is 22.8 Å². The summed E-state index contributed by atoms with van der Waals surface area (Å²) in [5.74, 6) is 2.02. The van der Waals surface area contributed by atoms with E-state index in [4.69, 9.17) is 0 Å². The quantitative estimate of drug-likeness (QED) is 0.864. The molecule has 0 spiro atoms. The van der Waals surface area contributed by atoms with Gasteiger partial charge in [-0.25, -0.2) is 4.98 Å². The van der Waals surface area contributed by atoms with Crippen LogP contribution in [-0.2, 0) is 0 Å². The minimum atomic E-state index is 0.967. The fourth-order valence-electron chi connectivity index (χ4n) is 2.21. The molecule has 0 saturated heterocycles. The van der Waals surface area contributed by atoms with Gasteiger partial charge in [0.05, 0.1) is 0 Å². The first-order valence-corrected chi connectivity index (χ1v) is 6.87. The number of hydrogen-bond donors (Lipinski definition) is 1. The molecule has 2 heterocycles. The number of nitrogens with one attached hydrogen (secondary N) is 1. The van der Waals surface area contributed by atoms with E-state index in [9.17, 15) is 0 Å². The standard InChI is InChI=1S/C13H16N2S/c1-2-10(3-1)4-7-14-13-11-6-9-16-12(11)5-8-15-13/h5-6,8-10H,1-4,7H2,(H,14,15). The van der Waals surface area contributed by atoms with Crippen LogP contribution in [0, 0.1) is 5.92 Å². The second-order valence-electron chi connectivity index (χ2n) is 4.50. The van der Waals surface area contributed by atoms with Crippen LogP contribution in [0.2, 0.25) is 0 Å². The van der Waals surface area contributed by atoms with Gasteiger partial charge in [-0.3, -0.25) is 0 Å². The smallest absolute Gasteiger partial charge is 0.134 e. The van der Waals surface area contributed by atoms with Crippen LogP contribution in [0.4, 0.5) is 5.82 Å². The van der Waals surface area contributed by atoms with Crippen LogP contribution in [0.3, 0.4) is 0 Å². The van der Waals surface area contributed by atoms with E-state index >= 15 is 0 Å². The lowest BCUT2D eigenvalue weighted by Crippen LogP contribution is -2.15. The molecule has 2 aromatic rings. The summed E-state index contributed by atoms with van der Waals surface area (Å²) in [4.78, 5) is 4.42. The van der Waals surface area contributed by atoms with Gasteiger partial charge >= 0.3 is 0 Å². The number of pyridine rings is 1. The van der Waals surface area contributed by atoms with E-state index in [1.54, 1.807) is 11.3 Å². The molecule has 3 rings (SSSR count). The van der Waals surface area contributed by atoms with Crippen LogP contribution in [0.1, 0.15) is 25.7 Å². The van der Waals surface area contributed by atoms with Crippen LogP contribution in [0.25, 0.3) is 10.1 Å². The Balaban J connectivity index is 1.66. The lowest BCUT2D eigenvalue weighted by molar-refractivity contribution is 0.303. The molecule has 2 aromatic heterocycles. The van der Waals surface area contributed by atoms with Crippen molar-refractivity contribution >= 4 is 27.2 Å². The Kier molecular flexibility index (Phi) is 2.79. The molecule has 0 bridgehead atoms. The van der Waals surface area contributed by atoms with Crippen LogP contribution in [0.15, 0.2) is 23.7 Å². The first-order valence-electron chi connectivity index (χ1n) is 5.99. The highest BCUT2D eigenvalue weighted by Crippen LogP contribution is 2.30. The van der Waals surface area contributed by atoms with Crippen molar-refractivity contribution in [3.8, 4) is 0 Å². The molecular formula is C13H16N2S. The average molecular weight is 232 g/mol. The SMILES string of the molecule is c1cc2sccc2c(NCCC2CCC2)n1. The van der Waals surface area contributed by atoms with Gasteiger partial charge < -0.3 is 5.32 Å². The number of aromatic nitrogens is 1. The molecule has 84 valence electrons. The Morgan fingerprint density at radius 2 is 2.31 bits per heavy atom. The summed E-state index contributed by atoms with van der Waals surface area (Å²) in [6, 6.07) is 4.23. The monoisotopic (exact) mass is 232 g/mol.